The molecule has 11 nitrogen and oxygen atoms in total. The quantitative estimate of drug-likeness (QED) is 0.401. The lowest BCUT2D eigenvalue weighted by Crippen LogP contribution is -2.48. The van der Waals surface area contributed by atoms with Crippen LogP contribution in [0.25, 0.3) is 22.5 Å². The fourth-order valence-electron chi connectivity index (χ4n) is 4.21. The van der Waals surface area contributed by atoms with Gasteiger partial charge in [0.25, 0.3) is 0 Å². The number of nitrogens with one attached hydrogen (secondary N) is 1. The van der Waals surface area contributed by atoms with Gasteiger partial charge in [0.05, 0.1) is 28.0 Å². The number of carbonyl (C=O) groups excluding carboxylic acids is 1. The molecule has 0 radical (unpaired) electrons. The molecule has 39 heavy (non-hydrogen) atoms. The first-order chi connectivity index (χ1) is 18.6. The molecule has 3 heterocycles. The third kappa shape index (κ3) is 4.62. The van der Waals surface area contributed by atoms with Gasteiger partial charge in [-0.15, -0.1) is 0 Å². The third-order valence-electron chi connectivity index (χ3n) is 5.94. The molecule has 15 heteroatoms. The van der Waals surface area contributed by atoms with Crippen LogP contribution < -0.4 is 26.3 Å². The van der Waals surface area contributed by atoms with Gasteiger partial charge in [-0.2, -0.15) is 23.4 Å². The van der Waals surface area contributed by atoms with E-state index >= 15 is 0 Å². The number of carbonyl (C=O) groups is 1. The highest BCUT2D eigenvalue weighted by Crippen LogP contribution is 2.30. The highest BCUT2D eigenvalue weighted by atomic mass is 35.5. The maximum Gasteiger partial charge on any atom is 0.493 e. The molecule has 0 amide bonds. The number of imidazole rings is 1. The number of aromatic nitrogens is 4. The fourth-order valence-corrected chi connectivity index (χ4v) is 4.43. The number of piperazine rings is 1. The van der Waals surface area contributed by atoms with Crippen molar-refractivity contribution in [3.63, 3.8) is 0 Å². The van der Waals surface area contributed by atoms with Gasteiger partial charge in [-0.05, 0) is 30.3 Å². The van der Waals surface area contributed by atoms with Gasteiger partial charge in [0.1, 0.15) is 0 Å². The second-order valence-corrected chi connectivity index (χ2v) is 8.77. The summed E-state index contributed by atoms with van der Waals surface area (Å²) in [5.41, 5.74) is -3.06. The van der Waals surface area contributed by atoms with Crippen molar-refractivity contribution in [1.82, 2.24) is 24.2 Å². The second-order valence-electron chi connectivity index (χ2n) is 8.36. The molecule has 0 atom stereocenters. The highest BCUT2D eigenvalue weighted by Gasteiger charge is 2.43. The topological polar surface area (TPSA) is 127 Å². The number of alkyl halides is 3. The van der Waals surface area contributed by atoms with Crippen molar-refractivity contribution in [2.75, 3.05) is 31.1 Å². The molecule has 1 saturated heterocycles. The summed E-state index contributed by atoms with van der Waals surface area (Å²) in [7, 11) is 0. The molecular formula is C24H17ClF3N7O4. The van der Waals surface area contributed by atoms with Crippen LogP contribution in [-0.4, -0.2) is 57.2 Å². The fraction of sp³-hybridized carbons (Fsp3) is 0.208. The van der Waals surface area contributed by atoms with Crippen LogP contribution in [0.2, 0.25) is 5.02 Å². The number of anilines is 1. The van der Waals surface area contributed by atoms with E-state index in [1.54, 1.807) is 24.3 Å². The average Bonchev–Trinajstić information content (AvgIpc) is 3.31. The molecule has 2 aromatic heterocycles. The molecule has 0 spiro atoms. The van der Waals surface area contributed by atoms with Crippen molar-refractivity contribution in [2.45, 2.75) is 6.18 Å². The van der Waals surface area contributed by atoms with Crippen LogP contribution in [0.3, 0.4) is 0 Å². The van der Waals surface area contributed by atoms with Crippen molar-refractivity contribution >= 4 is 34.7 Å². The van der Waals surface area contributed by atoms with E-state index in [2.05, 4.69) is 15.1 Å². The predicted molar refractivity (Wildman–Crippen MR) is 133 cm³/mol. The van der Waals surface area contributed by atoms with Gasteiger partial charge in [0, 0.05) is 26.2 Å². The Morgan fingerprint density at radius 3 is 2.46 bits per heavy atom. The van der Waals surface area contributed by atoms with Crippen LogP contribution in [-0.2, 0) is 4.79 Å². The Bertz CT molecular complexity index is 1760. The molecule has 0 saturated carbocycles. The predicted octanol–water partition coefficient (Wildman–Crippen LogP) is 1.79. The van der Waals surface area contributed by atoms with E-state index in [9.17, 15) is 32.8 Å². The summed E-state index contributed by atoms with van der Waals surface area (Å²) in [6.07, 6.45) is -5.50. The minimum atomic E-state index is -5.50. The number of hydrogen-bond acceptors (Lipinski definition) is 8. The maximum absolute atomic E-state index is 13.6. The molecule has 2 aromatic carbocycles. The Hall–Kier alpha value is -4.61. The smallest absolute Gasteiger partial charge is 0.339 e. The minimum absolute atomic E-state index is 0.00322. The van der Waals surface area contributed by atoms with Gasteiger partial charge in [-0.1, -0.05) is 34.5 Å². The number of hydrogen-bond donors (Lipinski definition) is 1. The summed E-state index contributed by atoms with van der Waals surface area (Å²) in [4.78, 5) is 49.5. The number of nitriles is 1. The molecule has 5 rings (SSSR count). The molecular weight excluding hydrogens is 543 g/mol. The van der Waals surface area contributed by atoms with Gasteiger partial charge < -0.3 is 15.1 Å². The molecule has 0 bridgehead atoms. The normalized spacial score (nSPS) is 13.9. The van der Waals surface area contributed by atoms with E-state index in [1.807, 2.05) is 11.0 Å². The third-order valence-corrected chi connectivity index (χ3v) is 6.26. The number of para-hydroxylation sites is 1. The van der Waals surface area contributed by atoms with Gasteiger partial charge in [0.15, 0.2) is 11.2 Å². The largest absolute Gasteiger partial charge is 0.493 e. The maximum atomic E-state index is 13.6. The number of halogens is 4. The Labute approximate surface area is 221 Å². The second kappa shape index (κ2) is 9.93. The average molecular weight is 560 g/mol. The summed E-state index contributed by atoms with van der Waals surface area (Å²) < 4.78 is 41.1. The molecule has 0 unspecified atom stereocenters. The van der Waals surface area contributed by atoms with Crippen molar-refractivity contribution in [3.05, 3.63) is 80.0 Å². The summed E-state index contributed by atoms with van der Waals surface area (Å²) in [5, 5.41) is 12.7. The number of nitrogens with zero attached hydrogens (tertiary/aromatic N) is 6. The zero-order valence-electron chi connectivity index (χ0n) is 19.8. The Kier molecular flexibility index (Phi) is 6.62. The zero-order valence-corrected chi connectivity index (χ0v) is 20.5. The molecule has 1 aliphatic rings. The first kappa shape index (κ1) is 26.0. The van der Waals surface area contributed by atoms with Crippen molar-refractivity contribution in [3.8, 4) is 17.4 Å². The van der Waals surface area contributed by atoms with Gasteiger partial charge in [-0.25, -0.2) is 14.2 Å². The standard InChI is InChI=1S/C24H17ClF3N7O4/c25-16-6-1-2-7-17(16)34-18-19(31-22(34)32-10-8-30-9-11-32)33(15-5-3-4-14(12-15)13-29)23(38)35(20(18)36)39-21(37)24(26,27)28/h1-7,12,30H,8-11H2. The van der Waals surface area contributed by atoms with Gasteiger partial charge in [0.2, 0.25) is 5.95 Å². The van der Waals surface area contributed by atoms with E-state index in [0.29, 0.717) is 26.2 Å². The Morgan fingerprint density at radius 2 is 1.79 bits per heavy atom. The van der Waals surface area contributed by atoms with Crippen LogP contribution in [0.1, 0.15) is 5.56 Å². The number of fused-ring (bicyclic) bond motifs is 1. The molecule has 1 fully saturated rings. The van der Waals surface area contributed by atoms with E-state index in [-0.39, 0.29) is 43.8 Å². The minimum Gasteiger partial charge on any atom is -0.339 e. The zero-order chi connectivity index (χ0) is 27.9. The van der Waals surface area contributed by atoms with E-state index in [4.69, 9.17) is 11.6 Å². The summed E-state index contributed by atoms with van der Waals surface area (Å²) in [5.74, 6) is -2.59. The number of benzene rings is 2. The van der Waals surface area contributed by atoms with Crippen LogP contribution >= 0.6 is 11.6 Å². The summed E-state index contributed by atoms with van der Waals surface area (Å²) >= 11 is 6.46. The van der Waals surface area contributed by atoms with Crippen molar-refractivity contribution in [1.29, 1.82) is 5.26 Å². The van der Waals surface area contributed by atoms with Gasteiger partial charge in [-0.3, -0.25) is 9.36 Å². The van der Waals surface area contributed by atoms with E-state index in [1.165, 1.54) is 28.8 Å². The molecule has 0 aliphatic carbocycles. The van der Waals surface area contributed by atoms with Crippen molar-refractivity contribution < 1.29 is 22.8 Å². The monoisotopic (exact) mass is 559 g/mol. The lowest BCUT2D eigenvalue weighted by Gasteiger charge is -2.28. The molecule has 1 N–H and O–H groups in total. The lowest BCUT2D eigenvalue weighted by molar-refractivity contribution is -0.200. The van der Waals surface area contributed by atoms with Crippen molar-refractivity contribution in [2.24, 2.45) is 0 Å². The Morgan fingerprint density at radius 1 is 1.08 bits per heavy atom. The number of rotatable bonds is 4. The summed E-state index contributed by atoms with van der Waals surface area (Å²) in [6.45, 7) is 2.02. The summed E-state index contributed by atoms with van der Waals surface area (Å²) in [6, 6.07) is 13.8. The first-order valence-electron chi connectivity index (χ1n) is 11.4. The van der Waals surface area contributed by atoms with Crippen LogP contribution in [0, 0.1) is 11.3 Å². The first-order valence-corrected chi connectivity index (χ1v) is 11.8. The van der Waals surface area contributed by atoms with E-state index < -0.39 is 23.4 Å². The van der Waals surface area contributed by atoms with Crippen LogP contribution in [0.5, 0.6) is 0 Å². The van der Waals surface area contributed by atoms with Crippen LogP contribution in [0.15, 0.2) is 58.1 Å². The lowest BCUT2D eigenvalue weighted by atomic mass is 10.2. The molecule has 1 aliphatic heterocycles. The SMILES string of the molecule is N#Cc1cccc(-n2c(=O)n(OC(=O)C(F)(F)F)c(=O)c3c2nc(N2CCNCC2)n3-c2ccccc2Cl)c1. The van der Waals surface area contributed by atoms with E-state index in [0.717, 1.165) is 4.57 Å². The Balaban J connectivity index is 1.94. The van der Waals surface area contributed by atoms with Gasteiger partial charge >= 0.3 is 23.4 Å². The van der Waals surface area contributed by atoms with Crippen LogP contribution in [0.4, 0.5) is 19.1 Å². The molecule has 4 aromatic rings. The molecule has 200 valence electrons. The highest BCUT2D eigenvalue weighted by molar-refractivity contribution is 6.32.